The smallest absolute Gasteiger partial charge is 0.164 e. The summed E-state index contributed by atoms with van der Waals surface area (Å²) in [6.07, 6.45) is 9.44. The second-order valence-electron chi connectivity index (χ2n) is 6.50. The number of nitrogens with zero attached hydrogens (tertiary/aromatic N) is 3. The monoisotopic (exact) mass is 317 g/mol. The van der Waals surface area contributed by atoms with Crippen LogP contribution in [0.15, 0.2) is 49.1 Å². The van der Waals surface area contributed by atoms with Crippen molar-refractivity contribution in [3.05, 3.63) is 54.6 Å². The Hall–Kier alpha value is -2.66. The van der Waals surface area contributed by atoms with Gasteiger partial charge in [-0.05, 0) is 61.7 Å². The van der Waals surface area contributed by atoms with Crippen molar-refractivity contribution in [2.45, 2.75) is 25.3 Å². The average molecular weight is 317 g/mol. The molecule has 4 aromatic rings. The minimum absolute atomic E-state index is 0.600. The molecule has 0 radical (unpaired) electrons. The summed E-state index contributed by atoms with van der Waals surface area (Å²) in [5.74, 6) is 0. The van der Waals surface area contributed by atoms with Crippen LogP contribution in [0.3, 0.4) is 0 Å². The molecule has 1 aromatic carbocycles. The number of pyridine rings is 1. The first-order chi connectivity index (χ1) is 11.9. The van der Waals surface area contributed by atoms with Gasteiger partial charge in [-0.2, -0.15) is 0 Å². The molecule has 5 nitrogen and oxygen atoms in total. The highest BCUT2D eigenvalue weighted by Gasteiger charge is 2.17. The molecule has 1 aliphatic rings. The van der Waals surface area contributed by atoms with E-state index in [2.05, 4.69) is 49.2 Å². The second kappa shape index (κ2) is 5.46. The summed E-state index contributed by atoms with van der Waals surface area (Å²) in [5.41, 5.74) is 5.48. The van der Waals surface area contributed by atoms with E-state index < -0.39 is 0 Å². The van der Waals surface area contributed by atoms with Gasteiger partial charge in [-0.25, -0.2) is 9.97 Å². The van der Waals surface area contributed by atoms with Gasteiger partial charge < -0.3 is 10.3 Å². The number of aromatic nitrogens is 4. The van der Waals surface area contributed by atoms with Crippen molar-refractivity contribution in [1.29, 1.82) is 0 Å². The average Bonchev–Trinajstić information content (AvgIpc) is 3.35. The number of hydrogen-bond donors (Lipinski definition) is 2. The maximum absolute atomic E-state index is 4.47. The zero-order valence-electron chi connectivity index (χ0n) is 13.4. The molecule has 24 heavy (non-hydrogen) atoms. The van der Waals surface area contributed by atoms with Crippen LogP contribution >= 0.6 is 0 Å². The SMILES string of the molecule is c1cnc2c(c1)ncn2-c1ccc2[nH]cc(C[C@H]3CCCN3)c2c1. The fourth-order valence-corrected chi connectivity index (χ4v) is 3.72. The topological polar surface area (TPSA) is 58.5 Å². The molecule has 0 saturated carbocycles. The number of aromatic amines is 1. The van der Waals surface area contributed by atoms with Crippen LogP contribution in [-0.4, -0.2) is 32.1 Å². The Kier molecular flexibility index (Phi) is 3.13. The summed E-state index contributed by atoms with van der Waals surface area (Å²) < 4.78 is 2.05. The van der Waals surface area contributed by atoms with E-state index in [1.165, 1.54) is 29.3 Å². The third-order valence-corrected chi connectivity index (χ3v) is 4.96. The van der Waals surface area contributed by atoms with E-state index >= 15 is 0 Å². The van der Waals surface area contributed by atoms with Gasteiger partial charge in [0.05, 0.1) is 0 Å². The maximum atomic E-state index is 4.47. The molecule has 1 fully saturated rings. The van der Waals surface area contributed by atoms with Gasteiger partial charge in [0.1, 0.15) is 11.8 Å². The number of H-pyrrole nitrogens is 1. The largest absolute Gasteiger partial charge is 0.361 e. The van der Waals surface area contributed by atoms with Crippen LogP contribution in [-0.2, 0) is 6.42 Å². The molecular formula is C19H19N5. The molecule has 0 unspecified atom stereocenters. The lowest BCUT2D eigenvalue weighted by Gasteiger charge is -2.09. The molecule has 0 aliphatic carbocycles. The van der Waals surface area contributed by atoms with Crippen LogP contribution in [0.5, 0.6) is 0 Å². The molecule has 4 heterocycles. The van der Waals surface area contributed by atoms with Crippen LogP contribution in [0.4, 0.5) is 0 Å². The van der Waals surface area contributed by atoms with Crippen LogP contribution in [0.2, 0.25) is 0 Å². The lowest BCUT2D eigenvalue weighted by molar-refractivity contribution is 0.605. The van der Waals surface area contributed by atoms with E-state index in [1.807, 2.05) is 24.7 Å². The molecule has 1 saturated heterocycles. The van der Waals surface area contributed by atoms with Gasteiger partial charge in [-0.1, -0.05) is 0 Å². The number of benzene rings is 1. The van der Waals surface area contributed by atoms with Gasteiger partial charge in [-0.15, -0.1) is 0 Å². The number of rotatable bonds is 3. The fourth-order valence-electron chi connectivity index (χ4n) is 3.72. The Bertz CT molecular complexity index is 1010. The summed E-state index contributed by atoms with van der Waals surface area (Å²) >= 11 is 0. The summed E-state index contributed by atoms with van der Waals surface area (Å²) in [6.45, 7) is 1.14. The molecule has 2 N–H and O–H groups in total. The first-order valence-electron chi connectivity index (χ1n) is 8.50. The van der Waals surface area contributed by atoms with E-state index in [-0.39, 0.29) is 0 Å². The first-order valence-corrected chi connectivity index (χ1v) is 8.50. The van der Waals surface area contributed by atoms with Gasteiger partial charge in [-0.3, -0.25) is 4.57 Å². The van der Waals surface area contributed by atoms with Gasteiger partial charge in [0.25, 0.3) is 0 Å². The van der Waals surface area contributed by atoms with E-state index in [9.17, 15) is 0 Å². The van der Waals surface area contributed by atoms with Crippen molar-refractivity contribution in [2.75, 3.05) is 6.54 Å². The van der Waals surface area contributed by atoms with Crippen LogP contribution in [0.25, 0.3) is 27.8 Å². The fraction of sp³-hybridized carbons (Fsp3) is 0.263. The van der Waals surface area contributed by atoms with Crippen LogP contribution in [0, 0.1) is 0 Å². The van der Waals surface area contributed by atoms with Crippen molar-refractivity contribution < 1.29 is 0 Å². The highest BCUT2D eigenvalue weighted by atomic mass is 15.1. The van der Waals surface area contributed by atoms with E-state index in [1.54, 1.807) is 0 Å². The zero-order valence-corrected chi connectivity index (χ0v) is 13.4. The molecule has 1 atom stereocenters. The minimum Gasteiger partial charge on any atom is -0.361 e. The zero-order chi connectivity index (χ0) is 15.9. The lowest BCUT2D eigenvalue weighted by atomic mass is 10.0. The van der Waals surface area contributed by atoms with Gasteiger partial charge in [0, 0.05) is 35.0 Å². The Morgan fingerprint density at radius 2 is 2.21 bits per heavy atom. The molecule has 120 valence electrons. The van der Waals surface area contributed by atoms with E-state index in [0.717, 1.165) is 29.8 Å². The number of imidazole rings is 1. The summed E-state index contributed by atoms with van der Waals surface area (Å²) in [5, 5.41) is 4.88. The standard InChI is InChI=1S/C19H19N5/c1-3-14(20-7-1)9-13-11-22-17-6-5-15(10-16(13)17)24-12-23-18-4-2-8-21-19(18)24/h2,4-6,8,10-12,14,20,22H,1,3,7,9H2/t14-/m1/s1. The van der Waals surface area contributed by atoms with Gasteiger partial charge in [0.15, 0.2) is 5.65 Å². The Morgan fingerprint density at radius 1 is 1.21 bits per heavy atom. The molecule has 0 bridgehead atoms. The van der Waals surface area contributed by atoms with Gasteiger partial charge >= 0.3 is 0 Å². The van der Waals surface area contributed by atoms with Gasteiger partial charge in [0.2, 0.25) is 0 Å². The number of hydrogen-bond acceptors (Lipinski definition) is 3. The van der Waals surface area contributed by atoms with Crippen molar-refractivity contribution in [3.8, 4) is 5.69 Å². The number of fused-ring (bicyclic) bond motifs is 2. The Balaban J connectivity index is 1.59. The molecule has 1 aliphatic heterocycles. The summed E-state index contributed by atoms with van der Waals surface area (Å²) in [7, 11) is 0. The predicted octanol–water partition coefficient (Wildman–Crippen LogP) is 3.20. The molecule has 0 spiro atoms. The summed E-state index contributed by atoms with van der Waals surface area (Å²) in [4.78, 5) is 12.3. The molecule has 5 rings (SSSR count). The highest BCUT2D eigenvalue weighted by molar-refractivity contribution is 5.86. The van der Waals surface area contributed by atoms with Crippen LogP contribution < -0.4 is 5.32 Å². The lowest BCUT2D eigenvalue weighted by Crippen LogP contribution is -2.23. The Morgan fingerprint density at radius 3 is 3.12 bits per heavy atom. The molecule has 5 heteroatoms. The molecule has 0 amide bonds. The molecular weight excluding hydrogens is 298 g/mol. The van der Waals surface area contributed by atoms with Crippen molar-refractivity contribution >= 4 is 22.1 Å². The maximum Gasteiger partial charge on any atom is 0.164 e. The predicted molar refractivity (Wildman–Crippen MR) is 95.5 cm³/mol. The second-order valence-corrected chi connectivity index (χ2v) is 6.50. The summed E-state index contributed by atoms with van der Waals surface area (Å²) in [6, 6.07) is 11.0. The van der Waals surface area contributed by atoms with Crippen molar-refractivity contribution in [1.82, 2.24) is 24.8 Å². The van der Waals surface area contributed by atoms with Crippen molar-refractivity contribution in [3.63, 3.8) is 0 Å². The molecule has 3 aromatic heterocycles. The van der Waals surface area contributed by atoms with Crippen LogP contribution in [0.1, 0.15) is 18.4 Å². The van der Waals surface area contributed by atoms with E-state index in [4.69, 9.17) is 0 Å². The number of nitrogens with one attached hydrogen (secondary N) is 2. The first kappa shape index (κ1) is 13.7. The third-order valence-electron chi connectivity index (χ3n) is 4.96. The minimum atomic E-state index is 0.600. The third kappa shape index (κ3) is 2.20. The highest BCUT2D eigenvalue weighted by Crippen LogP contribution is 2.25. The van der Waals surface area contributed by atoms with Crippen molar-refractivity contribution in [2.24, 2.45) is 0 Å². The van der Waals surface area contributed by atoms with E-state index in [0.29, 0.717) is 6.04 Å². The quantitative estimate of drug-likeness (QED) is 0.610. The Labute approximate surface area is 139 Å². The normalized spacial score (nSPS) is 17.9.